The van der Waals surface area contributed by atoms with Gasteiger partial charge in [0.1, 0.15) is 11.6 Å². The van der Waals surface area contributed by atoms with E-state index in [1.807, 2.05) is 23.5 Å². The molecule has 2 nitrogen and oxygen atoms in total. The summed E-state index contributed by atoms with van der Waals surface area (Å²) in [5.41, 5.74) is 3.71. The van der Waals surface area contributed by atoms with Crippen LogP contribution in [0.4, 0.5) is 4.39 Å². The molecule has 6 rings (SSSR count). The molecule has 1 unspecified atom stereocenters. The van der Waals surface area contributed by atoms with Crippen LogP contribution in [0.15, 0.2) is 51.4 Å². The lowest BCUT2D eigenvalue weighted by atomic mass is 10.0. The number of halogens is 3. The Labute approximate surface area is 194 Å². The van der Waals surface area contributed by atoms with Gasteiger partial charge in [0.05, 0.1) is 21.7 Å². The van der Waals surface area contributed by atoms with Crippen LogP contribution in [0, 0.1) is 5.82 Å². The van der Waals surface area contributed by atoms with Crippen LogP contribution in [0.5, 0.6) is 5.75 Å². The third-order valence-corrected chi connectivity index (χ3v) is 8.25. The van der Waals surface area contributed by atoms with Crippen molar-refractivity contribution in [2.24, 2.45) is 0 Å². The standard InChI is InChI=1S/C24H18Br2FNOS/c1-2-15-16-9-13(25)5-6-18(16)28-23(15)22-17(27)10-14(26)11-19(22)29-24(28)21-8-7-20(30-21)12-3-4-12/h5-12,24H,2-4H2,1H3. The molecule has 0 bridgehead atoms. The number of hydrogen-bond donors (Lipinski definition) is 0. The Hall–Kier alpha value is -1.63. The lowest BCUT2D eigenvalue weighted by Crippen LogP contribution is -2.22. The lowest BCUT2D eigenvalue weighted by Gasteiger charge is -2.30. The molecule has 2 aliphatic rings. The van der Waals surface area contributed by atoms with Crippen LogP contribution in [0.1, 0.15) is 47.2 Å². The van der Waals surface area contributed by atoms with E-state index in [0.717, 1.165) is 37.9 Å². The predicted molar refractivity (Wildman–Crippen MR) is 127 cm³/mol. The molecule has 1 atom stereocenters. The maximum Gasteiger partial charge on any atom is 0.212 e. The molecular weight excluding hydrogens is 529 g/mol. The number of aromatic nitrogens is 1. The third kappa shape index (κ3) is 2.84. The smallest absolute Gasteiger partial charge is 0.212 e. The Kier molecular flexibility index (Phi) is 4.41. The van der Waals surface area contributed by atoms with E-state index in [1.165, 1.54) is 23.8 Å². The van der Waals surface area contributed by atoms with Gasteiger partial charge in [-0.1, -0.05) is 38.8 Å². The summed E-state index contributed by atoms with van der Waals surface area (Å²) in [6.45, 7) is 2.13. The number of fused-ring (bicyclic) bond motifs is 5. The third-order valence-electron chi connectivity index (χ3n) is 6.02. The van der Waals surface area contributed by atoms with Gasteiger partial charge in [0.25, 0.3) is 0 Å². The molecule has 1 aliphatic carbocycles. The van der Waals surface area contributed by atoms with Crippen LogP contribution in [0.25, 0.3) is 22.2 Å². The largest absolute Gasteiger partial charge is 0.464 e. The van der Waals surface area contributed by atoms with Crippen LogP contribution >= 0.6 is 43.2 Å². The van der Waals surface area contributed by atoms with Crippen molar-refractivity contribution in [3.8, 4) is 17.0 Å². The Bertz CT molecular complexity index is 1320. The number of hydrogen-bond acceptors (Lipinski definition) is 2. The van der Waals surface area contributed by atoms with Crippen LogP contribution < -0.4 is 4.74 Å². The highest BCUT2D eigenvalue weighted by molar-refractivity contribution is 9.10. The quantitative estimate of drug-likeness (QED) is 0.251. The molecule has 1 aliphatic heterocycles. The minimum atomic E-state index is -0.303. The van der Waals surface area contributed by atoms with Crippen molar-refractivity contribution in [3.05, 3.63) is 72.5 Å². The first-order chi connectivity index (χ1) is 14.5. The van der Waals surface area contributed by atoms with E-state index in [1.54, 1.807) is 0 Å². The molecule has 4 aromatic rings. The van der Waals surface area contributed by atoms with E-state index in [2.05, 4.69) is 67.6 Å². The molecule has 2 aromatic heterocycles. The first kappa shape index (κ1) is 19.1. The first-order valence-corrected chi connectivity index (χ1v) is 12.5. The number of thiophene rings is 1. The van der Waals surface area contributed by atoms with Crippen molar-refractivity contribution in [1.82, 2.24) is 4.57 Å². The Morgan fingerprint density at radius 1 is 1.07 bits per heavy atom. The summed E-state index contributed by atoms with van der Waals surface area (Å²) in [6.07, 6.45) is 3.06. The number of benzene rings is 2. The zero-order valence-corrected chi connectivity index (χ0v) is 20.2. The topological polar surface area (TPSA) is 14.2 Å². The fourth-order valence-electron chi connectivity index (χ4n) is 4.55. The van der Waals surface area contributed by atoms with E-state index in [9.17, 15) is 0 Å². The summed E-state index contributed by atoms with van der Waals surface area (Å²) in [5, 5.41) is 1.14. The van der Waals surface area contributed by atoms with Crippen molar-refractivity contribution >= 4 is 54.1 Å². The highest BCUT2D eigenvalue weighted by Gasteiger charge is 2.35. The van der Waals surface area contributed by atoms with Gasteiger partial charge < -0.3 is 4.74 Å². The van der Waals surface area contributed by atoms with Gasteiger partial charge in [-0.25, -0.2) is 4.39 Å². The molecule has 0 radical (unpaired) electrons. The van der Waals surface area contributed by atoms with Gasteiger partial charge in [-0.3, -0.25) is 4.57 Å². The van der Waals surface area contributed by atoms with Crippen LogP contribution in [-0.2, 0) is 6.42 Å². The van der Waals surface area contributed by atoms with Gasteiger partial charge in [0, 0.05) is 19.2 Å². The zero-order valence-electron chi connectivity index (χ0n) is 16.2. The molecule has 30 heavy (non-hydrogen) atoms. The average molecular weight is 547 g/mol. The number of ether oxygens (including phenoxy) is 1. The monoisotopic (exact) mass is 545 g/mol. The fraction of sp³-hybridized carbons (Fsp3) is 0.250. The van der Waals surface area contributed by atoms with Crippen molar-refractivity contribution in [2.45, 2.75) is 38.3 Å². The van der Waals surface area contributed by atoms with Gasteiger partial charge in [0.2, 0.25) is 6.23 Å². The van der Waals surface area contributed by atoms with Crippen LogP contribution in [-0.4, -0.2) is 4.57 Å². The van der Waals surface area contributed by atoms with Gasteiger partial charge >= 0.3 is 0 Å². The van der Waals surface area contributed by atoms with E-state index >= 15 is 4.39 Å². The van der Waals surface area contributed by atoms with Crippen molar-refractivity contribution < 1.29 is 9.13 Å². The minimum absolute atomic E-state index is 0.263. The van der Waals surface area contributed by atoms with E-state index in [-0.39, 0.29) is 12.0 Å². The van der Waals surface area contributed by atoms with Gasteiger partial charge in [0.15, 0.2) is 0 Å². The Balaban J connectivity index is 1.68. The van der Waals surface area contributed by atoms with Crippen LogP contribution in [0.3, 0.4) is 0 Å². The average Bonchev–Trinajstić information content (AvgIpc) is 3.35. The van der Waals surface area contributed by atoms with E-state index in [4.69, 9.17) is 4.74 Å². The molecule has 0 spiro atoms. The molecule has 2 aromatic carbocycles. The van der Waals surface area contributed by atoms with Gasteiger partial charge in [-0.05, 0) is 73.2 Å². The summed E-state index contributed by atoms with van der Waals surface area (Å²) in [7, 11) is 0. The summed E-state index contributed by atoms with van der Waals surface area (Å²) >= 11 is 8.88. The Morgan fingerprint density at radius 2 is 1.87 bits per heavy atom. The highest BCUT2D eigenvalue weighted by Crippen LogP contribution is 2.51. The predicted octanol–water partition coefficient (Wildman–Crippen LogP) is 8.41. The SMILES string of the molecule is CCc1c2n(c3ccc(Br)cc13)C(c1ccc(C3CC3)s1)Oc1cc(Br)cc(F)c1-2. The fourth-order valence-corrected chi connectivity index (χ4v) is 6.52. The minimum Gasteiger partial charge on any atom is -0.464 e. The molecule has 0 N–H and O–H groups in total. The molecule has 1 fully saturated rings. The maximum absolute atomic E-state index is 15.3. The molecule has 3 heterocycles. The molecule has 0 saturated heterocycles. The zero-order chi connectivity index (χ0) is 20.6. The second-order valence-corrected chi connectivity index (χ2v) is 10.9. The summed E-state index contributed by atoms with van der Waals surface area (Å²) < 4.78 is 25.7. The number of rotatable bonds is 3. The van der Waals surface area contributed by atoms with Crippen molar-refractivity contribution in [2.75, 3.05) is 0 Å². The maximum atomic E-state index is 15.3. The lowest BCUT2D eigenvalue weighted by molar-refractivity contribution is 0.175. The summed E-state index contributed by atoms with van der Waals surface area (Å²) in [5.74, 6) is 1.03. The Morgan fingerprint density at radius 3 is 2.63 bits per heavy atom. The highest BCUT2D eigenvalue weighted by atomic mass is 79.9. The molecule has 1 saturated carbocycles. The van der Waals surface area contributed by atoms with Crippen molar-refractivity contribution in [1.29, 1.82) is 0 Å². The second kappa shape index (κ2) is 6.94. The normalized spacial score (nSPS) is 17.7. The molecule has 6 heteroatoms. The number of aryl methyl sites for hydroxylation is 1. The summed E-state index contributed by atoms with van der Waals surface area (Å²) in [6, 6.07) is 14.1. The van der Waals surface area contributed by atoms with E-state index in [0.29, 0.717) is 21.7 Å². The molecule has 152 valence electrons. The van der Waals surface area contributed by atoms with Crippen molar-refractivity contribution in [3.63, 3.8) is 0 Å². The van der Waals surface area contributed by atoms with Gasteiger partial charge in [-0.2, -0.15) is 0 Å². The molecule has 0 amide bonds. The first-order valence-electron chi connectivity index (χ1n) is 10.1. The summed E-state index contributed by atoms with van der Waals surface area (Å²) in [4.78, 5) is 2.59. The number of nitrogens with zero attached hydrogens (tertiary/aromatic N) is 1. The van der Waals surface area contributed by atoms with Gasteiger partial charge in [-0.15, -0.1) is 11.3 Å². The molecular formula is C24H18Br2FNOS. The van der Waals surface area contributed by atoms with E-state index < -0.39 is 0 Å². The second-order valence-electron chi connectivity index (χ2n) is 7.96. The van der Waals surface area contributed by atoms with Crippen LogP contribution in [0.2, 0.25) is 0 Å².